The van der Waals surface area contributed by atoms with E-state index in [1.807, 2.05) is 23.2 Å². The summed E-state index contributed by atoms with van der Waals surface area (Å²) in [5.41, 5.74) is 5.36. The lowest BCUT2D eigenvalue weighted by atomic mass is 9.95. The van der Waals surface area contributed by atoms with Crippen molar-refractivity contribution >= 4 is 34.9 Å². The van der Waals surface area contributed by atoms with Gasteiger partial charge in [0.1, 0.15) is 5.82 Å². The van der Waals surface area contributed by atoms with Crippen LogP contribution in [0.5, 0.6) is 0 Å². The molecule has 1 aromatic heterocycles. The maximum Gasteiger partial charge on any atom is 0.326 e. The Hall–Kier alpha value is -3.85. The van der Waals surface area contributed by atoms with Gasteiger partial charge in [0.25, 0.3) is 0 Å². The third-order valence-corrected chi connectivity index (χ3v) is 7.45. The van der Waals surface area contributed by atoms with Gasteiger partial charge in [-0.15, -0.1) is 0 Å². The van der Waals surface area contributed by atoms with Gasteiger partial charge in [-0.3, -0.25) is 4.90 Å². The van der Waals surface area contributed by atoms with Crippen LogP contribution in [0.1, 0.15) is 23.6 Å². The van der Waals surface area contributed by atoms with E-state index in [2.05, 4.69) is 68.9 Å². The highest BCUT2D eigenvalue weighted by atomic mass is 16.2. The Morgan fingerprint density at radius 3 is 2.58 bits per heavy atom. The average molecular weight is 485 g/mol. The molecule has 0 spiro atoms. The average Bonchev–Trinajstić information content (AvgIpc) is 2.92. The summed E-state index contributed by atoms with van der Waals surface area (Å²) in [5.74, 6) is 1.14. The van der Waals surface area contributed by atoms with Gasteiger partial charge in [0, 0.05) is 68.6 Å². The molecule has 1 saturated heterocycles. The van der Waals surface area contributed by atoms with Gasteiger partial charge >= 0.3 is 6.03 Å². The number of carbonyl (C=O) groups is 1. The summed E-state index contributed by atoms with van der Waals surface area (Å²) < 4.78 is 0. The van der Waals surface area contributed by atoms with Crippen molar-refractivity contribution < 1.29 is 4.79 Å². The first-order valence-electron chi connectivity index (χ1n) is 12.6. The van der Waals surface area contributed by atoms with Crippen LogP contribution in [-0.2, 0) is 6.54 Å². The van der Waals surface area contributed by atoms with Crippen molar-refractivity contribution in [3.05, 3.63) is 65.9 Å². The summed E-state index contributed by atoms with van der Waals surface area (Å²) >= 11 is 0. The van der Waals surface area contributed by atoms with Crippen molar-refractivity contribution in [1.82, 2.24) is 19.8 Å². The molecule has 1 fully saturated rings. The fourth-order valence-electron chi connectivity index (χ4n) is 5.36. The maximum absolute atomic E-state index is 13.4. The predicted octanol–water partition coefficient (Wildman–Crippen LogP) is 3.90. The normalized spacial score (nSPS) is 20.0. The molecule has 36 heavy (non-hydrogen) atoms. The van der Waals surface area contributed by atoms with Crippen LogP contribution in [0.4, 0.5) is 33.6 Å². The van der Waals surface area contributed by atoms with Gasteiger partial charge in [0.05, 0.1) is 12.6 Å². The minimum absolute atomic E-state index is 0.0298. The van der Waals surface area contributed by atoms with E-state index in [0.29, 0.717) is 18.3 Å². The van der Waals surface area contributed by atoms with Crippen LogP contribution < -0.4 is 20.4 Å². The molecule has 4 heterocycles. The number of benzene rings is 2. The lowest BCUT2D eigenvalue weighted by Gasteiger charge is -2.41. The molecule has 0 saturated carbocycles. The quantitative estimate of drug-likeness (QED) is 0.581. The van der Waals surface area contributed by atoms with Crippen molar-refractivity contribution in [1.29, 1.82) is 0 Å². The molecular formula is C27H32N8O. The topological polar surface area (TPSA) is 79.9 Å². The van der Waals surface area contributed by atoms with Crippen LogP contribution in [0.2, 0.25) is 0 Å². The highest BCUT2D eigenvalue weighted by Crippen LogP contribution is 2.38. The monoisotopic (exact) mass is 484 g/mol. The minimum Gasteiger partial charge on any atom is -0.385 e. The maximum atomic E-state index is 13.4. The number of nitrogens with zero attached hydrogens (tertiary/aromatic N) is 6. The Labute approximate surface area is 211 Å². The van der Waals surface area contributed by atoms with Crippen LogP contribution in [0, 0.1) is 0 Å². The number of rotatable bonds is 4. The molecule has 2 N–H and O–H groups in total. The number of carbonyl (C=O) groups excluding carboxylic acids is 1. The van der Waals surface area contributed by atoms with Crippen molar-refractivity contribution in [3.8, 4) is 0 Å². The molecule has 3 aliphatic rings. The van der Waals surface area contributed by atoms with Crippen LogP contribution in [0.15, 0.2) is 54.7 Å². The van der Waals surface area contributed by atoms with Gasteiger partial charge in [-0.05, 0) is 49.4 Å². The summed E-state index contributed by atoms with van der Waals surface area (Å²) in [5, 5.41) is 6.75. The van der Waals surface area contributed by atoms with E-state index in [1.54, 1.807) is 11.9 Å². The van der Waals surface area contributed by atoms with E-state index in [0.717, 1.165) is 61.6 Å². The zero-order valence-corrected chi connectivity index (χ0v) is 20.8. The Morgan fingerprint density at radius 2 is 1.78 bits per heavy atom. The Morgan fingerprint density at radius 1 is 1.00 bits per heavy atom. The number of hydrogen-bond acceptors (Lipinski definition) is 7. The first-order chi connectivity index (χ1) is 17.6. The largest absolute Gasteiger partial charge is 0.385 e. The molecule has 9 nitrogen and oxygen atoms in total. The third-order valence-electron chi connectivity index (χ3n) is 7.45. The summed E-state index contributed by atoms with van der Waals surface area (Å²) in [6, 6.07) is 16.6. The number of nitrogens with one attached hydrogen (secondary N) is 2. The smallest absolute Gasteiger partial charge is 0.326 e. The highest BCUT2D eigenvalue weighted by Gasteiger charge is 2.36. The van der Waals surface area contributed by atoms with Crippen molar-refractivity contribution in [2.45, 2.75) is 19.0 Å². The van der Waals surface area contributed by atoms with Gasteiger partial charge in [-0.1, -0.05) is 18.2 Å². The Balaban J connectivity index is 1.18. The van der Waals surface area contributed by atoms with Gasteiger partial charge in [-0.25, -0.2) is 9.78 Å². The summed E-state index contributed by atoms with van der Waals surface area (Å²) in [4.78, 5) is 31.1. The van der Waals surface area contributed by atoms with E-state index < -0.39 is 0 Å². The Kier molecular flexibility index (Phi) is 5.85. The number of aromatic nitrogens is 2. The molecule has 9 heteroatoms. The number of para-hydroxylation sites is 1. The van der Waals surface area contributed by atoms with Crippen LogP contribution >= 0.6 is 0 Å². The second-order valence-electron chi connectivity index (χ2n) is 9.79. The number of likely N-dealkylation sites (N-methyl/N-ethyl adjacent to an activating group) is 1. The minimum atomic E-state index is -0.0367. The van der Waals surface area contributed by atoms with Crippen molar-refractivity contribution in [2.24, 2.45) is 0 Å². The van der Waals surface area contributed by atoms with Crippen molar-refractivity contribution in [3.63, 3.8) is 0 Å². The van der Waals surface area contributed by atoms with E-state index in [9.17, 15) is 4.79 Å². The number of amides is 2. The fraction of sp³-hybridized carbons (Fsp3) is 0.370. The number of piperazine rings is 1. The van der Waals surface area contributed by atoms with Crippen LogP contribution in [-0.4, -0.2) is 72.6 Å². The van der Waals surface area contributed by atoms with Crippen molar-refractivity contribution in [2.75, 3.05) is 67.3 Å². The molecule has 0 aliphatic carbocycles. The number of fused-ring (bicyclic) bond motifs is 2. The molecule has 0 radical (unpaired) electrons. The zero-order valence-electron chi connectivity index (χ0n) is 20.8. The predicted molar refractivity (Wildman–Crippen MR) is 143 cm³/mol. The summed E-state index contributed by atoms with van der Waals surface area (Å²) in [6.07, 6.45) is 2.71. The van der Waals surface area contributed by atoms with E-state index in [4.69, 9.17) is 4.98 Å². The van der Waals surface area contributed by atoms with E-state index >= 15 is 0 Å². The summed E-state index contributed by atoms with van der Waals surface area (Å²) in [7, 11) is 3.96. The fourth-order valence-corrected chi connectivity index (χ4v) is 5.36. The molecule has 2 amide bonds. The van der Waals surface area contributed by atoms with Gasteiger partial charge in [-0.2, -0.15) is 4.98 Å². The van der Waals surface area contributed by atoms with Gasteiger partial charge < -0.3 is 25.3 Å². The Bertz CT molecular complexity index is 1250. The summed E-state index contributed by atoms with van der Waals surface area (Å²) in [6.45, 7) is 5.58. The van der Waals surface area contributed by atoms with Gasteiger partial charge in [0.15, 0.2) is 0 Å². The second kappa shape index (κ2) is 9.31. The highest BCUT2D eigenvalue weighted by molar-refractivity contribution is 5.93. The SMILES string of the molecule is CN1CCN(c2ccc(Nc3ncc4c(n3)N(C)C(=O)N(C3CCNc5ccccc53)C4)cc2)CC1. The van der Waals surface area contributed by atoms with Crippen LogP contribution in [0.3, 0.4) is 0 Å². The third kappa shape index (κ3) is 4.19. The molecule has 2 aromatic carbocycles. The van der Waals surface area contributed by atoms with E-state index in [-0.39, 0.29) is 12.1 Å². The second-order valence-corrected chi connectivity index (χ2v) is 9.79. The van der Waals surface area contributed by atoms with Gasteiger partial charge in [0.2, 0.25) is 5.95 Å². The van der Waals surface area contributed by atoms with E-state index in [1.165, 1.54) is 5.69 Å². The lowest BCUT2D eigenvalue weighted by molar-refractivity contribution is 0.170. The zero-order chi connectivity index (χ0) is 24.6. The molecular weight excluding hydrogens is 452 g/mol. The first kappa shape index (κ1) is 22.6. The first-order valence-corrected chi connectivity index (χ1v) is 12.6. The number of hydrogen-bond donors (Lipinski definition) is 2. The van der Waals surface area contributed by atoms with Crippen LogP contribution in [0.25, 0.3) is 0 Å². The molecule has 1 atom stereocenters. The molecule has 6 rings (SSSR count). The number of anilines is 5. The standard InChI is InChI=1S/C27H32N8O/c1-32-13-15-34(16-14-32)21-9-7-20(8-10-21)30-26-29-17-19-18-35(27(36)33(2)25(19)31-26)24-11-12-28-23-6-4-3-5-22(23)24/h3-10,17,24,28H,11-16,18H2,1-2H3,(H,29,30,31). The molecule has 0 bridgehead atoms. The molecule has 1 unspecified atom stereocenters. The molecule has 186 valence electrons. The molecule has 3 aliphatic heterocycles. The number of urea groups is 1. The molecule has 3 aromatic rings. The lowest BCUT2D eigenvalue weighted by Crippen LogP contribution is -2.48.